The number of carbonyl (C=O) groups excluding carboxylic acids is 1. The summed E-state index contributed by atoms with van der Waals surface area (Å²) in [4.78, 5) is 12.0. The normalized spacial score (nSPS) is 12.2. The second kappa shape index (κ2) is 10.3. The standard InChI is InChI=1S/C16H22F3N3O5S/c1-22(2)11-21-28(24,25)14-10-12(4-5-13(14)27-9-8-26-3)6-7-20-15(23)16(17,18)19/h4-5,10-11H,6-9H2,1-3H3,(H,20,23). The zero-order valence-electron chi connectivity index (χ0n) is 15.6. The molecule has 158 valence electrons. The van der Waals surface area contributed by atoms with E-state index in [1.54, 1.807) is 19.4 Å². The van der Waals surface area contributed by atoms with Crippen molar-refractivity contribution in [3.05, 3.63) is 23.8 Å². The molecule has 0 spiro atoms. The fourth-order valence-corrected chi connectivity index (χ4v) is 3.01. The van der Waals surface area contributed by atoms with Crippen LogP contribution < -0.4 is 10.1 Å². The first-order valence-corrected chi connectivity index (χ1v) is 9.48. The van der Waals surface area contributed by atoms with Crippen molar-refractivity contribution >= 4 is 22.3 Å². The molecule has 0 heterocycles. The highest BCUT2D eigenvalue weighted by atomic mass is 32.2. The predicted octanol–water partition coefficient (Wildman–Crippen LogP) is 1.21. The number of nitrogens with zero attached hydrogens (tertiary/aromatic N) is 2. The van der Waals surface area contributed by atoms with Gasteiger partial charge >= 0.3 is 12.1 Å². The number of benzene rings is 1. The van der Waals surface area contributed by atoms with Crippen molar-refractivity contribution in [2.45, 2.75) is 17.5 Å². The van der Waals surface area contributed by atoms with Crippen LogP contribution in [0.15, 0.2) is 27.5 Å². The molecule has 0 aromatic heterocycles. The number of sulfonamides is 1. The molecule has 0 saturated heterocycles. The third kappa shape index (κ3) is 7.72. The number of nitrogens with one attached hydrogen (secondary N) is 1. The first-order valence-electron chi connectivity index (χ1n) is 8.04. The maximum Gasteiger partial charge on any atom is 0.471 e. The van der Waals surface area contributed by atoms with Crippen LogP contribution in [-0.2, 0) is 26.0 Å². The Labute approximate surface area is 161 Å². The van der Waals surface area contributed by atoms with Crippen LogP contribution in [0.4, 0.5) is 13.2 Å². The second-order valence-corrected chi connectivity index (χ2v) is 7.39. The Hall–Kier alpha value is -2.34. The van der Waals surface area contributed by atoms with Crippen molar-refractivity contribution in [3.8, 4) is 5.75 Å². The van der Waals surface area contributed by atoms with Crippen molar-refractivity contribution < 1.29 is 35.9 Å². The summed E-state index contributed by atoms with van der Waals surface area (Å²) in [5.74, 6) is -2.02. The number of hydrogen-bond acceptors (Lipinski definition) is 5. The van der Waals surface area contributed by atoms with Gasteiger partial charge in [0.05, 0.1) is 6.61 Å². The van der Waals surface area contributed by atoms with Gasteiger partial charge in [-0.2, -0.15) is 21.6 Å². The predicted molar refractivity (Wildman–Crippen MR) is 95.9 cm³/mol. The SMILES string of the molecule is COCCOc1ccc(CCNC(=O)C(F)(F)F)cc1S(=O)(=O)N=CN(C)C. The van der Waals surface area contributed by atoms with E-state index in [1.807, 2.05) is 0 Å². The van der Waals surface area contributed by atoms with Crippen LogP contribution in [0.5, 0.6) is 5.75 Å². The maximum absolute atomic E-state index is 12.5. The molecule has 1 rings (SSSR count). The van der Waals surface area contributed by atoms with Gasteiger partial charge in [0, 0.05) is 27.7 Å². The van der Waals surface area contributed by atoms with Gasteiger partial charge in [0.2, 0.25) is 0 Å². The van der Waals surface area contributed by atoms with E-state index in [4.69, 9.17) is 9.47 Å². The summed E-state index contributed by atoms with van der Waals surface area (Å²) in [6, 6.07) is 4.13. The van der Waals surface area contributed by atoms with E-state index >= 15 is 0 Å². The van der Waals surface area contributed by atoms with Crippen LogP contribution in [0.2, 0.25) is 0 Å². The zero-order chi connectivity index (χ0) is 21.4. The molecule has 0 unspecified atom stereocenters. The molecule has 1 amide bonds. The first-order chi connectivity index (χ1) is 13.0. The highest BCUT2D eigenvalue weighted by Gasteiger charge is 2.38. The Bertz CT molecular complexity index is 795. The summed E-state index contributed by atoms with van der Waals surface area (Å²) in [5.41, 5.74) is 0.389. The Balaban J connectivity index is 3.04. The van der Waals surface area contributed by atoms with Gasteiger partial charge in [-0.15, -0.1) is 4.40 Å². The van der Waals surface area contributed by atoms with Crippen LogP contribution in [0.1, 0.15) is 5.56 Å². The third-order valence-electron chi connectivity index (χ3n) is 3.20. The quantitative estimate of drug-likeness (QED) is 0.344. The summed E-state index contributed by atoms with van der Waals surface area (Å²) in [7, 11) is 0.527. The molecule has 12 heteroatoms. The monoisotopic (exact) mass is 425 g/mol. The van der Waals surface area contributed by atoms with Crippen molar-refractivity contribution in [1.82, 2.24) is 10.2 Å². The first kappa shape index (κ1) is 23.7. The molecule has 0 bridgehead atoms. The van der Waals surface area contributed by atoms with Gasteiger partial charge in [-0.1, -0.05) is 6.07 Å². The zero-order valence-corrected chi connectivity index (χ0v) is 16.4. The molecular formula is C16H22F3N3O5S. The van der Waals surface area contributed by atoms with Gasteiger partial charge in [-0.3, -0.25) is 4.79 Å². The largest absolute Gasteiger partial charge is 0.490 e. The fraction of sp³-hybridized carbons (Fsp3) is 0.500. The number of rotatable bonds is 10. The molecular weight excluding hydrogens is 403 g/mol. The number of amides is 1. The van der Waals surface area contributed by atoms with E-state index in [0.29, 0.717) is 5.56 Å². The van der Waals surface area contributed by atoms with Crippen LogP contribution in [0.25, 0.3) is 0 Å². The molecule has 0 saturated carbocycles. The van der Waals surface area contributed by atoms with Gasteiger partial charge in [-0.25, -0.2) is 0 Å². The van der Waals surface area contributed by atoms with Gasteiger partial charge in [0.15, 0.2) is 0 Å². The molecule has 0 aliphatic rings. The minimum absolute atomic E-state index is 0.0138. The number of halogens is 3. The minimum Gasteiger partial charge on any atom is -0.490 e. The lowest BCUT2D eigenvalue weighted by atomic mass is 10.1. The van der Waals surface area contributed by atoms with E-state index in [0.717, 1.165) is 6.34 Å². The number of ether oxygens (including phenoxy) is 2. The van der Waals surface area contributed by atoms with Gasteiger partial charge in [0.1, 0.15) is 23.6 Å². The molecule has 0 radical (unpaired) electrons. The van der Waals surface area contributed by atoms with Crippen molar-refractivity contribution in [2.75, 3.05) is 41.0 Å². The molecule has 0 atom stereocenters. The van der Waals surface area contributed by atoms with E-state index in [9.17, 15) is 26.4 Å². The number of alkyl halides is 3. The maximum atomic E-state index is 12.5. The summed E-state index contributed by atoms with van der Waals surface area (Å²) in [6.07, 6.45) is -3.89. The highest BCUT2D eigenvalue weighted by Crippen LogP contribution is 2.27. The molecule has 1 N–H and O–H groups in total. The molecule has 28 heavy (non-hydrogen) atoms. The van der Waals surface area contributed by atoms with Crippen molar-refractivity contribution in [1.29, 1.82) is 0 Å². The molecule has 0 aliphatic carbocycles. The van der Waals surface area contributed by atoms with Crippen LogP contribution >= 0.6 is 0 Å². The van der Waals surface area contributed by atoms with Crippen molar-refractivity contribution in [3.63, 3.8) is 0 Å². The smallest absolute Gasteiger partial charge is 0.471 e. The third-order valence-corrected chi connectivity index (χ3v) is 4.45. The lowest BCUT2D eigenvalue weighted by molar-refractivity contribution is -0.173. The Kier molecular flexibility index (Phi) is 8.69. The lowest BCUT2D eigenvalue weighted by Gasteiger charge is -2.13. The topological polar surface area (TPSA) is 97.3 Å². The molecule has 1 aromatic rings. The second-order valence-electron chi connectivity index (χ2n) is 5.79. The number of hydrogen-bond donors (Lipinski definition) is 1. The highest BCUT2D eigenvalue weighted by molar-refractivity contribution is 7.90. The Morgan fingerprint density at radius 2 is 1.96 bits per heavy atom. The average molecular weight is 425 g/mol. The van der Waals surface area contributed by atoms with E-state index in [-0.39, 0.29) is 36.8 Å². The van der Waals surface area contributed by atoms with Crippen LogP contribution in [0.3, 0.4) is 0 Å². The molecule has 1 aromatic carbocycles. The summed E-state index contributed by atoms with van der Waals surface area (Å²) >= 11 is 0. The van der Waals surface area contributed by atoms with Gasteiger partial charge in [-0.05, 0) is 24.1 Å². The van der Waals surface area contributed by atoms with Gasteiger partial charge in [0.25, 0.3) is 10.0 Å². The fourth-order valence-electron chi connectivity index (χ4n) is 1.90. The number of carbonyl (C=O) groups is 1. The number of methoxy groups -OCH3 is 1. The Morgan fingerprint density at radius 1 is 1.29 bits per heavy atom. The summed E-state index contributed by atoms with van der Waals surface area (Å²) < 4.78 is 75.4. The van der Waals surface area contributed by atoms with E-state index in [2.05, 4.69) is 4.40 Å². The van der Waals surface area contributed by atoms with Gasteiger partial charge < -0.3 is 19.7 Å². The van der Waals surface area contributed by atoms with E-state index in [1.165, 1.54) is 30.2 Å². The molecule has 0 fully saturated rings. The Morgan fingerprint density at radius 3 is 2.54 bits per heavy atom. The van der Waals surface area contributed by atoms with Crippen LogP contribution in [-0.4, -0.2) is 72.7 Å². The molecule has 8 nitrogen and oxygen atoms in total. The molecule has 0 aliphatic heterocycles. The lowest BCUT2D eigenvalue weighted by Crippen LogP contribution is -2.37. The minimum atomic E-state index is -4.98. The van der Waals surface area contributed by atoms with E-state index < -0.39 is 22.1 Å². The summed E-state index contributed by atoms with van der Waals surface area (Å²) in [5, 5.41) is 1.73. The van der Waals surface area contributed by atoms with Crippen molar-refractivity contribution in [2.24, 2.45) is 4.40 Å². The summed E-state index contributed by atoms with van der Waals surface area (Å²) in [6.45, 7) is 0.00571. The average Bonchev–Trinajstić information content (AvgIpc) is 2.60. The van der Waals surface area contributed by atoms with Crippen LogP contribution in [0, 0.1) is 0 Å².